The lowest BCUT2D eigenvalue weighted by Gasteiger charge is -2.39. The van der Waals surface area contributed by atoms with Crippen molar-refractivity contribution < 1.29 is 14.4 Å². The van der Waals surface area contributed by atoms with Gasteiger partial charge in [-0.15, -0.1) is 0 Å². The Morgan fingerprint density at radius 3 is 2.29 bits per heavy atom. The second-order valence-corrected chi connectivity index (χ2v) is 9.26. The van der Waals surface area contributed by atoms with Crippen LogP contribution in [0.2, 0.25) is 0 Å². The number of carbonyl (C=O) groups is 3. The van der Waals surface area contributed by atoms with Crippen molar-refractivity contribution in [3.05, 3.63) is 30.3 Å². The molecule has 6 nitrogen and oxygen atoms in total. The van der Waals surface area contributed by atoms with Crippen LogP contribution in [0, 0.1) is 11.8 Å². The van der Waals surface area contributed by atoms with Gasteiger partial charge in [0.05, 0.1) is 5.92 Å². The smallest absolute Gasteiger partial charge is 0.228 e. The lowest BCUT2D eigenvalue weighted by molar-refractivity contribution is -0.144. The minimum Gasteiger partial charge on any atom is -0.342 e. The van der Waals surface area contributed by atoms with Crippen LogP contribution in [0.25, 0.3) is 0 Å². The molecule has 2 heterocycles. The van der Waals surface area contributed by atoms with Gasteiger partial charge in [-0.1, -0.05) is 37.5 Å². The molecular weight excluding hydrogens is 390 g/mol. The third-order valence-electron chi connectivity index (χ3n) is 7.34. The van der Waals surface area contributed by atoms with Gasteiger partial charge in [0.1, 0.15) is 0 Å². The summed E-state index contributed by atoms with van der Waals surface area (Å²) in [6.45, 7) is 4.55. The maximum Gasteiger partial charge on any atom is 0.228 e. The highest BCUT2D eigenvalue weighted by atomic mass is 16.2. The predicted octanol–water partition coefficient (Wildman–Crippen LogP) is 3.46. The van der Waals surface area contributed by atoms with Gasteiger partial charge in [0.25, 0.3) is 0 Å². The molecule has 3 fully saturated rings. The van der Waals surface area contributed by atoms with Crippen LogP contribution in [-0.4, -0.2) is 59.7 Å². The number of anilines is 1. The molecule has 0 radical (unpaired) electrons. The van der Waals surface area contributed by atoms with Crippen molar-refractivity contribution in [2.24, 2.45) is 11.8 Å². The number of hydrogen-bond acceptors (Lipinski definition) is 3. The third kappa shape index (κ3) is 4.78. The number of hydrogen-bond donors (Lipinski definition) is 0. The Morgan fingerprint density at radius 2 is 1.65 bits per heavy atom. The largest absolute Gasteiger partial charge is 0.342 e. The minimum atomic E-state index is -0.283. The van der Waals surface area contributed by atoms with Crippen molar-refractivity contribution in [1.29, 1.82) is 0 Å². The molecule has 0 aromatic heterocycles. The summed E-state index contributed by atoms with van der Waals surface area (Å²) < 4.78 is 0. The topological polar surface area (TPSA) is 60.9 Å². The molecule has 0 N–H and O–H groups in total. The summed E-state index contributed by atoms with van der Waals surface area (Å²) in [5.41, 5.74) is 0.856. The average molecular weight is 426 g/mol. The quantitative estimate of drug-likeness (QED) is 0.726. The molecule has 1 unspecified atom stereocenters. The maximum absolute atomic E-state index is 13.2. The Kier molecular flexibility index (Phi) is 6.93. The molecule has 1 aliphatic carbocycles. The molecule has 1 saturated carbocycles. The molecule has 2 aliphatic heterocycles. The molecule has 2 saturated heterocycles. The fourth-order valence-electron chi connectivity index (χ4n) is 5.56. The van der Waals surface area contributed by atoms with E-state index in [1.165, 1.54) is 19.3 Å². The molecule has 0 bridgehead atoms. The minimum absolute atomic E-state index is 0.0145. The predicted molar refractivity (Wildman–Crippen MR) is 120 cm³/mol. The fourth-order valence-corrected chi connectivity index (χ4v) is 5.56. The number of likely N-dealkylation sites (tertiary alicyclic amines) is 1. The zero-order chi connectivity index (χ0) is 21.8. The molecular formula is C25H35N3O3. The first kappa shape index (κ1) is 21.8. The van der Waals surface area contributed by atoms with E-state index in [-0.39, 0.29) is 36.0 Å². The van der Waals surface area contributed by atoms with E-state index in [0.717, 1.165) is 37.9 Å². The summed E-state index contributed by atoms with van der Waals surface area (Å²) in [6.07, 6.45) is 7.73. The van der Waals surface area contributed by atoms with Crippen LogP contribution in [0.5, 0.6) is 0 Å². The molecule has 3 aliphatic rings. The summed E-state index contributed by atoms with van der Waals surface area (Å²) in [6, 6.07) is 9.96. The number of para-hydroxylation sites is 1. The molecule has 168 valence electrons. The highest BCUT2D eigenvalue weighted by Gasteiger charge is 2.39. The highest BCUT2D eigenvalue weighted by Crippen LogP contribution is 2.30. The fraction of sp³-hybridized carbons (Fsp3) is 0.640. The summed E-state index contributed by atoms with van der Waals surface area (Å²) in [4.78, 5) is 44.5. The first-order valence-electron chi connectivity index (χ1n) is 12.0. The molecule has 1 atom stereocenters. The van der Waals surface area contributed by atoms with Crippen molar-refractivity contribution in [3.8, 4) is 0 Å². The Bertz CT molecular complexity index is 782. The van der Waals surface area contributed by atoms with Gasteiger partial charge < -0.3 is 14.7 Å². The van der Waals surface area contributed by atoms with E-state index in [0.29, 0.717) is 25.7 Å². The van der Waals surface area contributed by atoms with E-state index in [4.69, 9.17) is 0 Å². The van der Waals surface area contributed by atoms with Crippen LogP contribution in [0.4, 0.5) is 5.69 Å². The van der Waals surface area contributed by atoms with Crippen molar-refractivity contribution in [2.45, 2.75) is 64.3 Å². The van der Waals surface area contributed by atoms with Crippen LogP contribution in [-0.2, 0) is 14.4 Å². The van der Waals surface area contributed by atoms with Crippen molar-refractivity contribution >= 4 is 23.4 Å². The molecule has 6 heteroatoms. The van der Waals surface area contributed by atoms with Gasteiger partial charge >= 0.3 is 0 Å². The standard InChI is InChI=1S/C25H35N3O3/c1-2-27(21-9-5-3-6-10-21)25(31)19-13-15-26(16-14-19)24(30)20-17-23(29)28(18-20)22-11-7-4-8-12-22/h4,7-8,11-12,19-21H,2-3,5-6,9-10,13-18H2,1H3. The number of benzene rings is 1. The maximum atomic E-state index is 13.2. The second kappa shape index (κ2) is 9.84. The Labute approximate surface area is 185 Å². The number of rotatable bonds is 5. The van der Waals surface area contributed by atoms with Gasteiger partial charge in [-0.05, 0) is 44.7 Å². The van der Waals surface area contributed by atoms with Crippen molar-refractivity contribution in [1.82, 2.24) is 9.80 Å². The monoisotopic (exact) mass is 425 g/mol. The van der Waals surface area contributed by atoms with Crippen molar-refractivity contribution in [2.75, 3.05) is 31.1 Å². The SMILES string of the molecule is CCN(C(=O)C1CCN(C(=O)C2CC(=O)N(c3ccccc3)C2)CC1)C1CCCCC1. The van der Waals surface area contributed by atoms with Gasteiger partial charge in [0.15, 0.2) is 0 Å². The van der Waals surface area contributed by atoms with Gasteiger partial charge in [0, 0.05) is 50.2 Å². The van der Waals surface area contributed by atoms with E-state index in [9.17, 15) is 14.4 Å². The van der Waals surface area contributed by atoms with Crippen LogP contribution >= 0.6 is 0 Å². The first-order chi connectivity index (χ1) is 15.1. The Balaban J connectivity index is 1.31. The van der Waals surface area contributed by atoms with Gasteiger partial charge in [0.2, 0.25) is 17.7 Å². The van der Waals surface area contributed by atoms with Gasteiger partial charge in [-0.2, -0.15) is 0 Å². The van der Waals surface area contributed by atoms with E-state index in [2.05, 4.69) is 11.8 Å². The average Bonchev–Trinajstić information content (AvgIpc) is 3.22. The third-order valence-corrected chi connectivity index (χ3v) is 7.34. The lowest BCUT2D eigenvalue weighted by Crippen LogP contribution is -2.49. The molecule has 31 heavy (non-hydrogen) atoms. The summed E-state index contributed by atoms with van der Waals surface area (Å²) >= 11 is 0. The number of nitrogens with zero attached hydrogens (tertiary/aromatic N) is 3. The summed E-state index contributed by atoms with van der Waals surface area (Å²) in [5, 5.41) is 0. The molecule has 1 aromatic rings. The first-order valence-corrected chi connectivity index (χ1v) is 12.0. The highest BCUT2D eigenvalue weighted by molar-refractivity contribution is 6.00. The molecule has 3 amide bonds. The zero-order valence-corrected chi connectivity index (χ0v) is 18.7. The van der Waals surface area contributed by atoms with Crippen LogP contribution < -0.4 is 4.90 Å². The van der Waals surface area contributed by atoms with Gasteiger partial charge in [-0.25, -0.2) is 0 Å². The Morgan fingerprint density at radius 1 is 0.968 bits per heavy atom. The van der Waals surface area contributed by atoms with E-state index >= 15 is 0 Å². The molecule has 0 spiro atoms. The van der Waals surface area contributed by atoms with E-state index in [1.54, 1.807) is 4.90 Å². The second-order valence-electron chi connectivity index (χ2n) is 9.26. The van der Waals surface area contributed by atoms with Gasteiger partial charge in [-0.3, -0.25) is 14.4 Å². The van der Waals surface area contributed by atoms with Crippen LogP contribution in [0.15, 0.2) is 30.3 Å². The zero-order valence-electron chi connectivity index (χ0n) is 18.7. The van der Waals surface area contributed by atoms with E-state index in [1.807, 2.05) is 35.2 Å². The molecule has 1 aromatic carbocycles. The number of carbonyl (C=O) groups excluding carboxylic acids is 3. The van der Waals surface area contributed by atoms with Crippen LogP contribution in [0.3, 0.4) is 0 Å². The normalized spacial score (nSPS) is 23.3. The number of piperidine rings is 1. The lowest BCUT2D eigenvalue weighted by atomic mass is 9.90. The number of amides is 3. The van der Waals surface area contributed by atoms with Crippen LogP contribution in [0.1, 0.15) is 58.3 Å². The molecule has 4 rings (SSSR count). The summed E-state index contributed by atoms with van der Waals surface area (Å²) in [7, 11) is 0. The Hall–Kier alpha value is -2.37. The van der Waals surface area contributed by atoms with E-state index < -0.39 is 0 Å². The van der Waals surface area contributed by atoms with Crippen molar-refractivity contribution in [3.63, 3.8) is 0 Å². The summed E-state index contributed by atoms with van der Waals surface area (Å²) in [5.74, 6) is 0.108.